The molecule has 1 N–H and O–H groups in total. The number of hydrogen-bond donors (Lipinski definition) is 1. The molecule has 1 saturated heterocycles. The van der Waals surface area contributed by atoms with E-state index in [1.54, 1.807) is 0 Å². The maximum absolute atomic E-state index is 11.7. The highest BCUT2D eigenvalue weighted by molar-refractivity contribution is 5.78. The lowest BCUT2D eigenvalue weighted by Crippen LogP contribution is -2.68. The Bertz CT molecular complexity index is 367. The van der Waals surface area contributed by atoms with Gasteiger partial charge in [-0.05, 0) is 39.5 Å². The molecule has 3 fully saturated rings. The van der Waals surface area contributed by atoms with Crippen LogP contribution in [0.2, 0.25) is 0 Å². The van der Waals surface area contributed by atoms with E-state index in [2.05, 4.69) is 19.2 Å². The molecule has 0 radical (unpaired) electrons. The van der Waals surface area contributed by atoms with Gasteiger partial charge in [-0.25, -0.2) is 0 Å². The SMILES string of the molecule is CCOC1CC(NC(C)CN2CCCC2=O)C12CCC2. The fraction of sp³-hybridized carbons (Fsp3) is 0.938. The van der Waals surface area contributed by atoms with Crippen LogP contribution in [0, 0.1) is 5.41 Å². The maximum atomic E-state index is 11.7. The van der Waals surface area contributed by atoms with E-state index in [0.29, 0.717) is 29.5 Å². The molecule has 1 spiro atoms. The number of hydrogen-bond acceptors (Lipinski definition) is 3. The van der Waals surface area contributed by atoms with Crippen LogP contribution in [0.4, 0.5) is 0 Å². The molecule has 3 unspecified atom stereocenters. The lowest BCUT2D eigenvalue weighted by atomic mass is 9.51. The molecule has 20 heavy (non-hydrogen) atoms. The lowest BCUT2D eigenvalue weighted by Gasteiger charge is -2.61. The molecule has 4 heteroatoms. The van der Waals surface area contributed by atoms with Gasteiger partial charge in [0.2, 0.25) is 5.91 Å². The highest BCUT2D eigenvalue weighted by Gasteiger charge is 2.58. The van der Waals surface area contributed by atoms with E-state index in [1.807, 2.05) is 4.90 Å². The van der Waals surface area contributed by atoms with Crippen LogP contribution in [0.1, 0.15) is 52.4 Å². The molecule has 1 aliphatic heterocycles. The van der Waals surface area contributed by atoms with Crippen LogP contribution in [-0.4, -0.2) is 48.7 Å². The van der Waals surface area contributed by atoms with Crippen molar-refractivity contribution >= 4 is 5.91 Å². The second kappa shape index (κ2) is 5.64. The summed E-state index contributed by atoms with van der Waals surface area (Å²) in [5.41, 5.74) is 0.416. The Labute approximate surface area is 122 Å². The summed E-state index contributed by atoms with van der Waals surface area (Å²) in [6.45, 7) is 6.95. The summed E-state index contributed by atoms with van der Waals surface area (Å²) in [6.07, 6.45) is 7.36. The van der Waals surface area contributed by atoms with Crippen LogP contribution in [0.5, 0.6) is 0 Å². The van der Waals surface area contributed by atoms with Crippen LogP contribution in [-0.2, 0) is 9.53 Å². The third-order valence-corrected chi connectivity index (χ3v) is 5.59. The number of rotatable bonds is 6. The molecule has 4 nitrogen and oxygen atoms in total. The molecule has 1 heterocycles. The van der Waals surface area contributed by atoms with E-state index < -0.39 is 0 Å². The van der Waals surface area contributed by atoms with Gasteiger partial charge in [0.05, 0.1) is 6.10 Å². The Hall–Kier alpha value is -0.610. The van der Waals surface area contributed by atoms with Crippen LogP contribution in [0.15, 0.2) is 0 Å². The van der Waals surface area contributed by atoms with Crippen molar-refractivity contribution in [2.75, 3.05) is 19.7 Å². The average Bonchev–Trinajstić information content (AvgIpc) is 2.71. The van der Waals surface area contributed by atoms with Gasteiger partial charge in [0.25, 0.3) is 0 Å². The van der Waals surface area contributed by atoms with E-state index in [0.717, 1.165) is 39.0 Å². The normalized spacial score (nSPS) is 33.1. The zero-order valence-corrected chi connectivity index (χ0v) is 12.9. The second-order valence-corrected chi connectivity index (χ2v) is 6.83. The van der Waals surface area contributed by atoms with E-state index in [4.69, 9.17) is 4.74 Å². The van der Waals surface area contributed by atoms with Crippen molar-refractivity contribution in [1.29, 1.82) is 0 Å². The maximum Gasteiger partial charge on any atom is 0.222 e. The van der Waals surface area contributed by atoms with Crippen molar-refractivity contribution < 1.29 is 9.53 Å². The van der Waals surface area contributed by atoms with Crippen LogP contribution >= 0.6 is 0 Å². The Morgan fingerprint density at radius 1 is 1.45 bits per heavy atom. The fourth-order valence-corrected chi connectivity index (χ4v) is 4.30. The van der Waals surface area contributed by atoms with Gasteiger partial charge in [-0.2, -0.15) is 0 Å². The quantitative estimate of drug-likeness (QED) is 0.808. The number of likely N-dealkylation sites (tertiary alicyclic amines) is 1. The third kappa shape index (κ3) is 2.37. The van der Waals surface area contributed by atoms with E-state index >= 15 is 0 Å². The van der Waals surface area contributed by atoms with Crippen LogP contribution in [0.25, 0.3) is 0 Å². The van der Waals surface area contributed by atoms with E-state index in [9.17, 15) is 4.79 Å². The molecular weight excluding hydrogens is 252 g/mol. The summed E-state index contributed by atoms with van der Waals surface area (Å²) in [5.74, 6) is 0.331. The number of carbonyl (C=O) groups is 1. The summed E-state index contributed by atoms with van der Waals surface area (Å²) < 4.78 is 5.89. The van der Waals surface area contributed by atoms with Crippen molar-refractivity contribution in [2.24, 2.45) is 5.41 Å². The standard InChI is InChI=1S/C16H28N2O2/c1-3-20-14-10-13(16(14)7-5-8-16)17-12(2)11-18-9-4-6-15(18)19/h12-14,17H,3-11H2,1-2H3. The molecule has 2 aliphatic carbocycles. The molecule has 1 amide bonds. The van der Waals surface area contributed by atoms with Crippen molar-refractivity contribution in [3.05, 3.63) is 0 Å². The second-order valence-electron chi connectivity index (χ2n) is 6.83. The van der Waals surface area contributed by atoms with E-state index in [-0.39, 0.29) is 0 Å². The van der Waals surface area contributed by atoms with Gasteiger partial charge in [-0.15, -0.1) is 0 Å². The molecule has 3 aliphatic rings. The van der Waals surface area contributed by atoms with Gasteiger partial charge >= 0.3 is 0 Å². The Kier molecular flexibility index (Phi) is 4.04. The minimum absolute atomic E-state index is 0.331. The minimum atomic E-state index is 0.331. The van der Waals surface area contributed by atoms with E-state index in [1.165, 1.54) is 19.3 Å². The molecule has 0 aromatic heterocycles. The average molecular weight is 280 g/mol. The number of amides is 1. The summed E-state index contributed by atoms with van der Waals surface area (Å²) in [6, 6.07) is 0.989. The Morgan fingerprint density at radius 3 is 2.80 bits per heavy atom. The molecule has 3 atom stereocenters. The third-order valence-electron chi connectivity index (χ3n) is 5.59. The highest BCUT2D eigenvalue weighted by atomic mass is 16.5. The Balaban J connectivity index is 1.49. The van der Waals surface area contributed by atoms with Crippen molar-refractivity contribution in [3.8, 4) is 0 Å². The number of nitrogens with one attached hydrogen (secondary N) is 1. The van der Waals surface area contributed by atoms with Gasteiger partial charge < -0.3 is 15.0 Å². The molecule has 2 saturated carbocycles. The first-order chi connectivity index (χ1) is 9.65. The van der Waals surface area contributed by atoms with Gasteiger partial charge in [0.1, 0.15) is 0 Å². The fourth-order valence-electron chi connectivity index (χ4n) is 4.30. The van der Waals surface area contributed by atoms with Gasteiger partial charge in [-0.1, -0.05) is 6.42 Å². The number of carbonyl (C=O) groups excluding carboxylic acids is 1. The summed E-state index contributed by atoms with van der Waals surface area (Å²) in [4.78, 5) is 13.7. The van der Waals surface area contributed by atoms with Gasteiger partial charge in [0, 0.05) is 43.6 Å². The molecule has 0 bridgehead atoms. The summed E-state index contributed by atoms with van der Waals surface area (Å²) in [5, 5.41) is 3.77. The smallest absolute Gasteiger partial charge is 0.222 e. The van der Waals surface area contributed by atoms with Crippen molar-refractivity contribution in [3.63, 3.8) is 0 Å². The molecule has 3 rings (SSSR count). The predicted octanol–water partition coefficient (Wildman–Crippen LogP) is 1.93. The largest absolute Gasteiger partial charge is 0.378 e. The lowest BCUT2D eigenvalue weighted by molar-refractivity contribution is -0.174. The predicted molar refractivity (Wildman–Crippen MR) is 78.5 cm³/mol. The minimum Gasteiger partial charge on any atom is -0.378 e. The monoisotopic (exact) mass is 280 g/mol. The van der Waals surface area contributed by atoms with Crippen molar-refractivity contribution in [2.45, 2.75) is 70.6 Å². The number of ether oxygens (including phenoxy) is 1. The molecular formula is C16H28N2O2. The first-order valence-electron chi connectivity index (χ1n) is 8.31. The summed E-state index contributed by atoms with van der Waals surface area (Å²) >= 11 is 0. The highest BCUT2D eigenvalue weighted by Crippen LogP contribution is 2.57. The molecule has 114 valence electrons. The van der Waals surface area contributed by atoms with Crippen LogP contribution in [0.3, 0.4) is 0 Å². The first-order valence-corrected chi connectivity index (χ1v) is 8.31. The summed E-state index contributed by atoms with van der Waals surface area (Å²) in [7, 11) is 0. The van der Waals surface area contributed by atoms with Gasteiger partial charge in [0.15, 0.2) is 0 Å². The molecule has 0 aromatic carbocycles. The zero-order chi connectivity index (χ0) is 14.2. The van der Waals surface area contributed by atoms with Crippen molar-refractivity contribution in [1.82, 2.24) is 10.2 Å². The zero-order valence-electron chi connectivity index (χ0n) is 12.9. The van der Waals surface area contributed by atoms with Crippen LogP contribution < -0.4 is 5.32 Å². The van der Waals surface area contributed by atoms with Gasteiger partial charge in [-0.3, -0.25) is 4.79 Å². The number of nitrogens with zero attached hydrogens (tertiary/aromatic N) is 1. The Morgan fingerprint density at radius 2 is 2.25 bits per heavy atom. The first kappa shape index (κ1) is 14.3. The molecule has 0 aromatic rings. The topological polar surface area (TPSA) is 41.6 Å².